The van der Waals surface area contributed by atoms with Gasteiger partial charge in [0.15, 0.2) is 7.14 Å². The van der Waals surface area contributed by atoms with Gasteiger partial charge >= 0.3 is 21.2 Å². The van der Waals surface area contributed by atoms with E-state index in [2.05, 4.69) is 60.7 Å². The molecule has 136 valence electrons. The minimum atomic E-state index is -4.38. The number of fused-ring (bicyclic) bond motifs is 1. The fraction of sp³-hybridized carbons (Fsp3) is 0. The Morgan fingerprint density at radius 2 is 1.07 bits per heavy atom. The standard InChI is InChI=1S/C12H10I.C10H8O3S/c1-3-7-11(8-4-1)13-12-9-5-2-6-10-12;11-14(12,13)10-7-3-5-8-4-1-2-6-9(8)10/h1-10H;1-7H,(H,11,12,13)/q+1;/p-1. The minimum absolute atomic E-state index is 0.0287. The monoisotopic (exact) mass is 488 g/mol. The number of hydrogen-bond donors (Lipinski definition) is 0. The second-order valence-electron chi connectivity index (χ2n) is 5.62. The zero-order chi connectivity index (χ0) is 19.1. The van der Waals surface area contributed by atoms with Gasteiger partial charge in [-0.2, -0.15) is 0 Å². The zero-order valence-electron chi connectivity index (χ0n) is 14.3. The molecule has 5 heteroatoms. The molecule has 0 saturated carbocycles. The summed E-state index contributed by atoms with van der Waals surface area (Å²) in [5.41, 5.74) is 0. The highest BCUT2D eigenvalue weighted by Gasteiger charge is 2.12. The van der Waals surface area contributed by atoms with Gasteiger partial charge in [-0.05, 0) is 41.1 Å². The maximum Gasteiger partial charge on any atom is 0.357 e. The minimum Gasteiger partial charge on any atom is -0.744 e. The highest BCUT2D eigenvalue weighted by atomic mass is 127. The molecule has 0 aliphatic carbocycles. The first-order valence-corrected chi connectivity index (χ1v) is 11.8. The van der Waals surface area contributed by atoms with Crippen LogP contribution in [0.1, 0.15) is 0 Å². The molecule has 4 aromatic rings. The first-order valence-electron chi connectivity index (χ1n) is 8.22. The summed E-state index contributed by atoms with van der Waals surface area (Å²) in [6.07, 6.45) is 0. The van der Waals surface area contributed by atoms with Crippen LogP contribution < -0.4 is 21.2 Å². The Kier molecular flexibility index (Phi) is 6.60. The molecule has 0 aliphatic heterocycles. The number of rotatable bonds is 3. The molecule has 4 aromatic carbocycles. The molecular formula is C22H17IO3S. The van der Waals surface area contributed by atoms with Crippen LogP contribution in [-0.4, -0.2) is 13.0 Å². The Morgan fingerprint density at radius 3 is 1.63 bits per heavy atom. The van der Waals surface area contributed by atoms with Crippen LogP contribution >= 0.6 is 0 Å². The Bertz CT molecular complexity index is 1070. The van der Waals surface area contributed by atoms with Crippen molar-refractivity contribution in [2.24, 2.45) is 0 Å². The van der Waals surface area contributed by atoms with E-state index in [1.54, 1.807) is 36.4 Å². The van der Waals surface area contributed by atoms with E-state index < -0.39 is 10.1 Å². The summed E-state index contributed by atoms with van der Waals surface area (Å²) in [5, 5.41) is 1.23. The van der Waals surface area contributed by atoms with E-state index in [1.165, 1.54) is 13.2 Å². The summed E-state index contributed by atoms with van der Waals surface area (Å²) in [7, 11) is -4.38. The smallest absolute Gasteiger partial charge is 0.357 e. The van der Waals surface area contributed by atoms with Crippen LogP contribution in [-0.2, 0) is 10.1 Å². The molecule has 0 radical (unpaired) electrons. The fourth-order valence-corrected chi connectivity index (χ4v) is 5.46. The summed E-state index contributed by atoms with van der Waals surface area (Å²) >= 11 is 0.0287. The van der Waals surface area contributed by atoms with Crippen molar-refractivity contribution in [1.82, 2.24) is 0 Å². The molecule has 4 rings (SSSR count). The van der Waals surface area contributed by atoms with Gasteiger partial charge in [-0.15, -0.1) is 0 Å². The van der Waals surface area contributed by atoms with Gasteiger partial charge in [-0.25, -0.2) is 8.42 Å². The Hall–Kier alpha value is -2.22. The van der Waals surface area contributed by atoms with Crippen molar-refractivity contribution in [2.75, 3.05) is 0 Å². The molecular weight excluding hydrogens is 471 g/mol. The largest absolute Gasteiger partial charge is 0.744 e. The first-order chi connectivity index (χ1) is 13.0. The molecule has 0 spiro atoms. The van der Waals surface area contributed by atoms with Crippen LogP contribution in [0.5, 0.6) is 0 Å². The van der Waals surface area contributed by atoms with E-state index in [0.29, 0.717) is 5.39 Å². The average Bonchev–Trinajstić information content (AvgIpc) is 2.69. The van der Waals surface area contributed by atoms with Gasteiger partial charge in [0, 0.05) is 0 Å². The van der Waals surface area contributed by atoms with Crippen molar-refractivity contribution >= 4 is 20.9 Å². The third-order valence-electron chi connectivity index (χ3n) is 3.70. The molecule has 3 nitrogen and oxygen atoms in total. The topological polar surface area (TPSA) is 57.2 Å². The van der Waals surface area contributed by atoms with E-state index in [1.807, 2.05) is 0 Å². The Balaban J connectivity index is 0.000000156. The van der Waals surface area contributed by atoms with E-state index in [4.69, 9.17) is 0 Å². The molecule has 0 bridgehead atoms. The third-order valence-corrected chi connectivity index (χ3v) is 7.28. The van der Waals surface area contributed by atoms with Crippen molar-refractivity contribution in [3.8, 4) is 0 Å². The molecule has 0 atom stereocenters. The normalized spacial score (nSPS) is 10.9. The van der Waals surface area contributed by atoms with Crippen LogP contribution in [0.4, 0.5) is 0 Å². The average molecular weight is 488 g/mol. The molecule has 0 fully saturated rings. The zero-order valence-corrected chi connectivity index (χ0v) is 17.3. The first kappa shape index (κ1) is 19.5. The van der Waals surface area contributed by atoms with Crippen molar-refractivity contribution in [2.45, 2.75) is 4.90 Å². The second-order valence-corrected chi connectivity index (χ2v) is 10.00. The van der Waals surface area contributed by atoms with Crippen LogP contribution in [0.25, 0.3) is 10.8 Å². The lowest BCUT2D eigenvalue weighted by atomic mass is 10.1. The van der Waals surface area contributed by atoms with Gasteiger partial charge in [-0.1, -0.05) is 72.8 Å². The quantitative estimate of drug-likeness (QED) is 0.325. The SMILES string of the molecule is O=S(=O)([O-])c1cccc2ccccc12.c1ccc([I+]c2ccccc2)cc1. The van der Waals surface area contributed by atoms with Crippen LogP contribution in [0.15, 0.2) is 108 Å². The fourth-order valence-electron chi connectivity index (χ4n) is 2.50. The summed E-state index contributed by atoms with van der Waals surface area (Å²) in [5.74, 6) is 0. The lowest BCUT2D eigenvalue weighted by Crippen LogP contribution is -3.61. The predicted molar refractivity (Wildman–Crippen MR) is 102 cm³/mol. The molecule has 0 N–H and O–H groups in total. The second kappa shape index (κ2) is 9.12. The van der Waals surface area contributed by atoms with Gasteiger partial charge in [0.05, 0.1) is 4.90 Å². The predicted octanol–water partition coefficient (Wildman–Crippen LogP) is 1.56. The summed E-state index contributed by atoms with van der Waals surface area (Å²) in [6.45, 7) is 0. The van der Waals surface area contributed by atoms with Gasteiger partial charge in [0.25, 0.3) is 0 Å². The van der Waals surface area contributed by atoms with E-state index in [-0.39, 0.29) is 26.1 Å². The lowest BCUT2D eigenvalue weighted by Gasteiger charge is -2.09. The van der Waals surface area contributed by atoms with Crippen molar-refractivity contribution in [3.05, 3.63) is 110 Å². The van der Waals surface area contributed by atoms with Crippen molar-refractivity contribution < 1.29 is 34.2 Å². The van der Waals surface area contributed by atoms with Gasteiger partial charge in [0.1, 0.15) is 10.1 Å². The van der Waals surface area contributed by atoms with Crippen molar-refractivity contribution in [1.29, 1.82) is 0 Å². The van der Waals surface area contributed by atoms with Crippen LogP contribution in [0.2, 0.25) is 0 Å². The number of benzene rings is 4. The number of hydrogen-bond acceptors (Lipinski definition) is 3. The van der Waals surface area contributed by atoms with E-state index in [0.717, 1.165) is 5.39 Å². The van der Waals surface area contributed by atoms with Gasteiger partial charge in [0.2, 0.25) is 0 Å². The summed E-state index contributed by atoms with van der Waals surface area (Å²) in [4.78, 5) is -0.157. The van der Waals surface area contributed by atoms with Crippen LogP contribution in [0, 0.1) is 7.14 Å². The maximum atomic E-state index is 10.9. The van der Waals surface area contributed by atoms with Gasteiger partial charge < -0.3 is 4.55 Å². The Labute approximate surface area is 169 Å². The maximum absolute atomic E-state index is 10.9. The molecule has 0 heterocycles. The van der Waals surface area contributed by atoms with Gasteiger partial charge in [-0.3, -0.25) is 0 Å². The summed E-state index contributed by atoms with van der Waals surface area (Å²) in [6, 6.07) is 33.0. The summed E-state index contributed by atoms with van der Waals surface area (Å²) < 4.78 is 35.6. The highest BCUT2D eigenvalue weighted by Crippen LogP contribution is 2.21. The highest BCUT2D eigenvalue weighted by molar-refractivity contribution is 7.86. The Morgan fingerprint density at radius 1 is 0.593 bits per heavy atom. The molecule has 27 heavy (non-hydrogen) atoms. The molecule has 0 unspecified atom stereocenters. The molecule has 0 aliphatic rings. The van der Waals surface area contributed by atoms with E-state index in [9.17, 15) is 13.0 Å². The molecule has 0 saturated heterocycles. The third kappa shape index (κ3) is 5.63. The van der Waals surface area contributed by atoms with E-state index >= 15 is 0 Å². The molecule has 0 aromatic heterocycles. The van der Waals surface area contributed by atoms with Crippen LogP contribution in [0.3, 0.4) is 0 Å². The number of halogens is 1. The molecule has 0 amide bonds. The van der Waals surface area contributed by atoms with Crippen molar-refractivity contribution in [3.63, 3.8) is 0 Å². The lowest BCUT2D eigenvalue weighted by molar-refractivity contribution is -0.597.